The second-order valence-electron chi connectivity index (χ2n) is 7.52. The van der Waals surface area contributed by atoms with Crippen LogP contribution in [0.2, 0.25) is 0 Å². The molecule has 0 spiro atoms. The Morgan fingerprint density at radius 2 is 2.04 bits per heavy atom. The third-order valence-electron chi connectivity index (χ3n) is 6.29. The summed E-state index contributed by atoms with van der Waals surface area (Å²) < 4.78 is 27.7. The number of hydrogen-bond acceptors (Lipinski definition) is 7. The van der Waals surface area contributed by atoms with Crippen LogP contribution in [0.4, 0.5) is 0 Å². The molecule has 1 heterocycles. The van der Waals surface area contributed by atoms with Gasteiger partial charge in [0.25, 0.3) is 0 Å². The fourth-order valence-corrected chi connectivity index (χ4v) is 4.88. The molecule has 2 aliphatic rings. The van der Waals surface area contributed by atoms with Crippen molar-refractivity contribution in [1.82, 2.24) is 0 Å². The molecule has 1 fully saturated rings. The summed E-state index contributed by atoms with van der Waals surface area (Å²) in [6.45, 7) is 5.04. The number of hydrogen-bond donors (Lipinski definition) is 2. The van der Waals surface area contributed by atoms with Crippen molar-refractivity contribution in [2.45, 2.75) is 44.7 Å². The SMILES string of the molecule is COCCOCO[C@@H]1C[C@H](OC)[C@H]2[C@H](C)[C@@H](O)c3occc3[C@H](O)[C@@]21C. The molecule has 0 amide bonds. The number of ether oxygens (including phenoxy) is 4. The average Bonchev–Trinajstić information content (AvgIpc) is 3.21. The molecular formula is C19H30O7. The van der Waals surface area contributed by atoms with E-state index in [0.29, 0.717) is 31.0 Å². The molecule has 2 N–H and O–H groups in total. The fourth-order valence-electron chi connectivity index (χ4n) is 4.88. The van der Waals surface area contributed by atoms with Gasteiger partial charge in [-0.15, -0.1) is 0 Å². The minimum Gasteiger partial charge on any atom is -0.466 e. The lowest BCUT2D eigenvalue weighted by Crippen LogP contribution is -2.43. The van der Waals surface area contributed by atoms with Gasteiger partial charge in [0.15, 0.2) is 0 Å². The van der Waals surface area contributed by atoms with Gasteiger partial charge in [-0.3, -0.25) is 0 Å². The smallest absolute Gasteiger partial charge is 0.147 e. The first-order chi connectivity index (χ1) is 12.5. The Labute approximate surface area is 154 Å². The van der Waals surface area contributed by atoms with Crippen molar-refractivity contribution >= 4 is 0 Å². The summed E-state index contributed by atoms with van der Waals surface area (Å²) in [5.74, 6) is 0.185. The number of furan rings is 1. The molecule has 0 aliphatic heterocycles. The molecule has 148 valence electrons. The van der Waals surface area contributed by atoms with Crippen molar-refractivity contribution in [2.75, 3.05) is 34.2 Å². The zero-order valence-corrected chi connectivity index (χ0v) is 15.9. The van der Waals surface area contributed by atoms with Crippen molar-refractivity contribution in [2.24, 2.45) is 17.3 Å². The number of aliphatic hydroxyl groups is 2. The maximum absolute atomic E-state index is 11.3. The standard InChI is InChI=1S/C19H30O7/c1-11-15-13(23-4)9-14(26-10-24-8-7-22-3)19(15,2)18(21)12-5-6-25-17(12)16(11)20/h5-6,11,13-16,18,20-21H,7-10H2,1-4H3/t11-,13-,14+,15+,16+,18-,19+/m0/s1. The molecule has 0 bridgehead atoms. The molecule has 0 aromatic carbocycles. The van der Waals surface area contributed by atoms with Crippen LogP contribution in [0.25, 0.3) is 0 Å². The van der Waals surface area contributed by atoms with E-state index in [9.17, 15) is 10.2 Å². The molecule has 7 nitrogen and oxygen atoms in total. The monoisotopic (exact) mass is 370 g/mol. The predicted octanol–water partition coefficient (Wildman–Crippen LogP) is 2.04. The van der Waals surface area contributed by atoms with Gasteiger partial charge in [0.1, 0.15) is 18.7 Å². The predicted molar refractivity (Wildman–Crippen MR) is 92.4 cm³/mol. The van der Waals surface area contributed by atoms with Crippen LogP contribution in [0, 0.1) is 17.3 Å². The van der Waals surface area contributed by atoms with Gasteiger partial charge in [-0.2, -0.15) is 0 Å². The van der Waals surface area contributed by atoms with Crippen LogP contribution in [0.3, 0.4) is 0 Å². The Kier molecular flexibility index (Phi) is 6.06. The van der Waals surface area contributed by atoms with Gasteiger partial charge < -0.3 is 33.6 Å². The van der Waals surface area contributed by atoms with E-state index in [1.54, 1.807) is 20.3 Å². The molecule has 7 atom stereocenters. The largest absolute Gasteiger partial charge is 0.466 e. The zero-order chi connectivity index (χ0) is 18.9. The Hall–Kier alpha value is -0.960. The minimum atomic E-state index is -0.829. The second-order valence-corrected chi connectivity index (χ2v) is 7.52. The van der Waals surface area contributed by atoms with Gasteiger partial charge in [0.2, 0.25) is 0 Å². The van der Waals surface area contributed by atoms with Crippen molar-refractivity contribution < 1.29 is 33.6 Å². The highest BCUT2D eigenvalue weighted by Gasteiger charge is 2.62. The Morgan fingerprint density at radius 1 is 1.27 bits per heavy atom. The van der Waals surface area contributed by atoms with E-state index in [-0.39, 0.29) is 30.8 Å². The number of methoxy groups -OCH3 is 2. The molecule has 0 unspecified atom stereocenters. The number of aliphatic hydroxyl groups excluding tert-OH is 2. The van der Waals surface area contributed by atoms with E-state index in [1.165, 1.54) is 6.26 Å². The first-order valence-corrected chi connectivity index (χ1v) is 9.11. The van der Waals surface area contributed by atoms with E-state index in [0.717, 1.165) is 0 Å². The summed E-state index contributed by atoms with van der Waals surface area (Å²) in [6.07, 6.45) is 0.116. The molecule has 1 aromatic rings. The van der Waals surface area contributed by atoms with Gasteiger partial charge in [-0.1, -0.05) is 13.8 Å². The van der Waals surface area contributed by atoms with E-state index in [4.69, 9.17) is 23.4 Å². The van der Waals surface area contributed by atoms with Crippen LogP contribution in [0.15, 0.2) is 16.7 Å². The van der Waals surface area contributed by atoms with Crippen molar-refractivity contribution in [3.05, 3.63) is 23.7 Å². The van der Waals surface area contributed by atoms with Crippen LogP contribution in [-0.4, -0.2) is 56.6 Å². The highest BCUT2D eigenvalue weighted by atomic mass is 16.7. The van der Waals surface area contributed by atoms with Crippen molar-refractivity contribution in [3.63, 3.8) is 0 Å². The van der Waals surface area contributed by atoms with Gasteiger partial charge in [0.05, 0.1) is 37.8 Å². The molecular weight excluding hydrogens is 340 g/mol. The molecule has 3 rings (SSSR count). The molecule has 26 heavy (non-hydrogen) atoms. The van der Waals surface area contributed by atoms with Crippen LogP contribution in [0.5, 0.6) is 0 Å². The quantitative estimate of drug-likeness (QED) is 0.561. The molecule has 2 aliphatic carbocycles. The maximum Gasteiger partial charge on any atom is 0.147 e. The third-order valence-corrected chi connectivity index (χ3v) is 6.29. The summed E-state index contributed by atoms with van der Waals surface area (Å²) >= 11 is 0. The summed E-state index contributed by atoms with van der Waals surface area (Å²) in [5, 5.41) is 22.1. The van der Waals surface area contributed by atoms with Crippen LogP contribution >= 0.6 is 0 Å². The number of rotatable bonds is 7. The minimum absolute atomic E-state index is 0.0934. The Balaban J connectivity index is 1.88. The van der Waals surface area contributed by atoms with Gasteiger partial charge in [-0.25, -0.2) is 0 Å². The average molecular weight is 370 g/mol. The summed E-state index contributed by atoms with van der Waals surface area (Å²) in [6, 6.07) is 1.73. The lowest BCUT2D eigenvalue weighted by atomic mass is 9.68. The molecule has 1 saturated carbocycles. The lowest BCUT2D eigenvalue weighted by molar-refractivity contribution is -0.161. The highest BCUT2D eigenvalue weighted by molar-refractivity contribution is 5.29. The van der Waals surface area contributed by atoms with Crippen molar-refractivity contribution in [1.29, 1.82) is 0 Å². The van der Waals surface area contributed by atoms with Crippen LogP contribution in [0.1, 0.15) is 43.8 Å². The Bertz CT molecular complexity index is 588. The van der Waals surface area contributed by atoms with E-state index < -0.39 is 17.6 Å². The lowest BCUT2D eigenvalue weighted by Gasteiger charge is -2.42. The summed E-state index contributed by atoms with van der Waals surface area (Å²) in [4.78, 5) is 0. The van der Waals surface area contributed by atoms with Gasteiger partial charge in [0, 0.05) is 37.5 Å². The Morgan fingerprint density at radius 3 is 2.73 bits per heavy atom. The van der Waals surface area contributed by atoms with Crippen molar-refractivity contribution in [3.8, 4) is 0 Å². The summed E-state index contributed by atoms with van der Waals surface area (Å²) in [7, 11) is 3.28. The van der Waals surface area contributed by atoms with E-state index in [1.807, 2.05) is 13.8 Å². The van der Waals surface area contributed by atoms with Crippen LogP contribution in [-0.2, 0) is 18.9 Å². The first-order valence-electron chi connectivity index (χ1n) is 9.11. The number of fused-ring (bicyclic) bond motifs is 2. The van der Waals surface area contributed by atoms with Gasteiger partial charge >= 0.3 is 0 Å². The zero-order valence-electron chi connectivity index (χ0n) is 15.9. The summed E-state index contributed by atoms with van der Waals surface area (Å²) in [5.41, 5.74) is -0.0131. The highest BCUT2D eigenvalue weighted by Crippen LogP contribution is 2.60. The van der Waals surface area contributed by atoms with E-state index in [2.05, 4.69) is 0 Å². The topological polar surface area (TPSA) is 90.5 Å². The van der Waals surface area contributed by atoms with Gasteiger partial charge in [-0.05, 0) is 12.0 Å². The molecule has 0 saturated heterocycles. The molecule has 0 radical (unpaired) electrons. The fraction of sp³-hybridized carbons (Fsp3) is 0.789. The molecule has 1 aromatic heterocycles. The first kappa shape index (κ1) is 19.8. The third kappa shape index (κ3) is 3.10. The molecule has 7 heteroatoms. The van der Waals surface area contributed by atoms with Crippen LogP contribution < -0.4 is 0 Å². The second kappa shape index (κ2) is 7.96. The normalized spacial score (nSPS) is 39.5. The van der Waals surface area contributed by atoms with E-state index >= 15 is 0 Å². The maximum atomic E-state index is 11.3.